The Labute approximate surface area is 87.7 Å². The highest BCUT2D eigenvalue weighted by molar-refractivity contribution is 7.08. The molecule has 1 N–H and O–H groups in total. The topological polar surface area (TPSA) is 20.2 Å². The first-order valence-electron chi connectivity index (χ1n) is 4.55. The molecule has 0 saturated carbocycles. The molecule has 0 aliphatic carbocycles. The molecule has 0 aliphatic rings. The molecule has 0 spiro atoms. The Morgan fingerprint density at radius 1 is 1.29 bits per heavy atom. The van der Waals surface area contributed by atoms with E-state index >= 15 is 0 Å². The van der Waals surface area contributed by atoms with Gasteiger partial charge < -0.3 is 5.11 Å². The Morgan fingerprint density at radius 3 is 2.79 bits per heavy atom. The number of aliphatic hydroxyl groups excluding tert-OH is 1. The van der Waals surface area contributed by atoms with Crippen LogP contribution in [0.5, 0.6) is 0 Å². The van der Waals surface area contributed by atoms with Crippen molar-refractivity contribution in [3.63, 3.8) is 0 Å². The van der Waals surface area contributed by atoms with Crippen LogP contribution in [0.15, 0.2) is 35.0 Å². The van der Waals surface area contributed by atoms with Crippen molar-refractivity contribution in [3.05, 3.63) is 46.2 Å². The van der Waals surface area contributed by atoms with E-state index in [0.717, 1.165) is 5.56 Å². The number of hydrogen-bond donors (Lipinski definition) is 1. The zero-order chi connectivity index (χ0) is 9.97. The van der Waals surface area contributed by atoms with Crippen molar-refractivity contribution < 1.29 is 5.11 Å². The summed E-state index contributed by atoms with van der Waals surface area (Å²) < 4.78 is 0. The van der Waals surface area contributed by atoms with Crippen LogP contribution in [-0.4, -0.2) is 5.11 Å². The van der Waals surface area contributed by atoms with Gasteiger partial charge in [0.15, 0.2) is 0 Å². The van der Waals surface area contributed by atoms with Crippen LogP contribution >= 0.6 is 11.3 Å². The second kappa shape index (κ2) is 3.95. The first-order chi connectivity index (χ1) is 6.83. The van der Waals surface area contributed by atoms with Crippen molar-refractivity contribution in [2.75, 3.05) is 0 Å². The molecule has 0 saturated heterocycles. The summed E-state index contributed by atoms with van der Waals surface area (Å²) in [6, 6.07) is 8.12. The maximum absolute atomic E-state index is 9.25. The number of aliphatic hydroxyl groups is 1. The molecule has 0 aliphatic heterocycles. The first-order valence-corrected chi connectivity index (χ1v) is 5.49. The minimum Gasteiger partial charge on any atom is -0.392 e. The van der Waals surface area contributed by atoms with Crippen molar-refractivity contribution in [1.82, 2.24) is 0 Å². The summed E-state index contributed by atoms with van der Waals surface area (Å²) in [6.45, 7) is 2.18. The predicted molar refractivity (Wildman–Crippen MR) is 60.4 cm³/mol. The Balaban J connectivity index is 2.61. The van der Waals surface area contributed by atoms with Gasteiger partial charge in [0.05, 0.1) is 6.61 Å². The largest absolute Gasteiger partial charge is 0.392 e. The molecule has 1 heterocycles. The summed E-state index contributed by atoms with van der Waals surface area (Å²) in [5, 5.41) is 13.4. The SMILES string of the molecule is Cc1cccc(CO)c1-c1ccsc1. The van der Waals surface area contributed by atoms with Crippen molar-refractivity contribution in [3.8, 4) is 11.1 Å². The van der Waals surface area contributed by atoms with E-state index in [1.165, 1.54) is 16.7 Å². The van der Waals surface area contributed by atoms with Gasteiger partial charge in [0.2, 0.25) is 0 Å². The summed E-state index contributed by atoms with van der Waals surface area (Å²) in [5.41, 5.74) is 4.60. The molecule has 1 aromatic heterocycles. The summed E-state index contributed by atoms with van der Waals surface area (Å²) in [7, 11) is 0. The van der Waals surface area contributed by atoms with Crippen LogP contribution in [0.25, 0.3) is 11.1 Å². The molecule has 0 fully saturated rings. The molecule has 72 valence electrons. The van der Waals surface area contributed by atoms with Crippen molar-refractivity contribution >= 4 is 11.3 Å². The average Bonchev–Trinajstić information content (AvgIpc) is 2.70. The van der Waals surface area contributed by atoms with Crippen molar-refractivity contribution in [2.24, 2.45) is 0 Å². The lowest BCUT2D eigenvalue weighted by atomic mass is 9.98. The summed E-state index contributed by atoms with van der Waals surface area (Å²) in [5.74, 6) is 0. The zero-order valence-corrected chi connectivity index (χ0v) is 8.84. The molecule has 0 amide bonds. The van der Waals surface area contributed by atoms with Gasteiger partial charge in [0.25, 0.3) is 0 Å². The van der Waals surface area contributed by atoms with Crippen LogP contribution in [0.4, 0.5) is 0 Å². The van der Waals surface area contributed by atoms with E-state index in [1.807, 2.05) is 12.1 Å². The van der Waals surface area contributed by atoms with E-state index in [-0.39, 0.29) is 6.61 Å². The van der Waals surface area contributed by atoms with Gasteiger partial charge in [-0.15, -0.1) is 0 Å². The van der Waals surface area contributed by atoms with Gasteiger partial charge in [-0.2, -0.15) is 11.3 Å². The van der Waals surface area contributed by atoms with Crippen molar-refractivity contribution in [1.29, 1.82) is 0 Å². The van der Waals surface area contributed by atoms with E-state index in [9.17, 15) is 5.11 Å². The molecule has 2 aromatic rings. The maximum Gasteiger partial charge on any atom is 0.0687 e. The summed E-state index contributed by atoms with van der Waals surface area (Å²) >= 11 is 1.68. The van der Waals surface area contributed by atoms with E-state index in [2.05, 4.69) is 29.8 Å². The fraction of sp³-hybridized carbons (Fsp3) is 0.167. The Bertz CT molecular complexity index is 418. The minimum atomic E-state index is 0.104. The highest BCUT2D eigenvalue weighted by atomic mass is 32.1. The molecular weight excluding hydrogens is 192 g/mol. The quantitative estimate of drug-likeness (QED) is 0.796. The number of thiophene rings is 1. The Morgan fingerprint density at radius 2 is 2.14 bits per heavy atom. The maximum atomic E-state index is 9.25. The fourth-order valence-electron chi connectivity index (χ4n) is 1.68. The third-order valence-corrected chi connectivity index (χ3v) is 3.02. The lowest BCUT2D eigenvalue weighted by molar-refractivity contribution is 0.282. The van der Waals surface area contributed by atoms with Crippen LogP contribution in [0.1, 0.15) is 11.1 Å². The molecule has 1 aromatic carbocycles. The van der Waals surface area contributed by atoms with Crippen LogP contribution in [0.2, 0.25) is 0 Å². The predicted octanol–water partition coefficient (Wildman–Crippen LogP) is 3.22. The minimum absolute atomic E-state index is 0.104. The van der Waals surface area contributed by atoms with Crippen molar-refractivity contribution in [2.45, 2.75) is 13.5 Å². The molecule has 2 rings (SSSR count). The highest BCUT2D eigenvalue weighted by Gasteiger charge is 2.06. The lowest BCUT2D eigenvalue weighted by Crippen LogP contribution is -1.90. The van der Waals surface area contributed by atoms with Gasteiger partial charge in [-0.1, -0.05) is 18.2 Å². The molecule has 0 bridgehead atoms. The average molecular weight is 204 g/mol. The molecule has 14 heavy (non-hydrogen) atoms. The van der Waals surface area contributed by atoms with Gasteiger partial charge in [0.1, 0.15) is 0 Å². The van der Waals surface area contributed by atoms with Crippen LogP contribution in [-0.2, 0) is 6.61 Å². The third kappa shape index (κ3) is 1.59. The van der Waals surface area contributed by atoms with Crippen LogP contribution in [0.3, 0.4) is 0 Å². The number of rotatable bonds is 2. The number of hydrogen-bond acceptors (Lipinski definition) is 2. The molecule has 0 atom stereocenters. The van der Waals surface area contributed by atoms with Gasteiger partial charge in [0, 0.05) is 0 Å². The monoisotopic (exact) mass is 204 g/mol. The van der Waals surface area contributed by atoms with Gasteiger partial charge >= 0.3 is 0 Å². The second-order valence-corrected chi connectivity index (χ2v) is 4.06. The van der Waals surface area contributed by atoms with E-state index < -0.39 is 0 Å². The molecule has 0 radical (unpaired) electrons. The summed E-state index contributed by atoms with van der Waals surface area (Å²) in [6.07, 6.45) is 0. The third-order valence-electron chi connectivity index (χ3n) is 2.34. The van der Waals surface area contributed by atoms with Crippen LogP contribution < -0.4 is 0 Å². The highest BCUT2D eigenvalue weighted by Crippen LogP contribution is 2.29. The Kier molecular flexibility index (Phi) is 2.66. The molecule has 1 nitrogen and oxygen atoms in total. The first kappa shape index (κ1) is 9.44. The number of benzene rings is 1. The van der Waals surface area contributed by atoms with E-state index in [1.54, 1.807) is 11.3 Å². The lowest BCUT2D eigenvalue weighted by Gasteiger charge is -2.08. The standard InChI is InChI=1S/C12H12OS/c1-9-3-2-4-10(7-13)12(9)11-5-6-14-8-11/h2-6,8,13H,7H2,1H3. The molecular formula is C12H12OS. The zero-order valence-electron chi connectivity index (χ0n) is 8.03. The van der Waals surface area contributed by atoms with Gasteiger partial charge in [-0.25, -0.2) is 0 Å². The molecule has 2 heteroatoms. The second-order valence-electron chi connectivity index (χ2n) is 3.28. The van der Waals surface area contributed by atoms with E-state index in [4.69, 9.17) is 0 Å². The van der Waals surface area contributed by atoms with Gasteiger partial charge in [-0.3, -0.25) is 0 Å². The Hall–Kier alpha value is -1.12. The smallest absolute Gasteiger partial charge is 0.0687 e. The normalized spacial score (nSPS) is 10.4. The van der Waals surface area contributed by atoms with Crippen LogP contribution in [0, 0.1) is 6.92 Å². The molecule has 0 unspecified atom stereocenters. The number of aryl methyl sites for hydroxylation is 1. The fourth-order valence-corrected chi connectivity index (χ4v) is 2.33. The van der Waals surface area contributed by atoms with E-state index in [0.29, 0.717) is 0 Å². The van der Waals surface area contributed by atoms with Gasteiger partial charge in [-0.05, 0) is 46.0 Å². The summed E-state index contributed by atoms with van der Waals surface area (Å²) in [4.78, 5) is 0.